The maximum Gasteiger partial charge on any atom is 0.0490 e. The van der Waals surface area contributed by atoms with Crippen LogP contribution in [0.3, 0.4) is 0 Å². The molecule has 0 aromatic heterocycles. The molecule has 200 valence electrons. The number of para-hydroxylation sites is 3. The Labute approximate surface area is 243 Å². The summed E-state index contributed by atoms with van der Waals surface area (Å²) in [6.07, 6.45) is 0. The van der Waals surface area contributed by atoms with Gasteiger partial charge in [-0.2, -0.15) is 0 Å². The van der Waals surface area contributed by atoms with E-state index in [1.54, 1.807) is 0 Å². The normalized spacial score (nSPS) is 10.8. The van der Waals surface area contributed by atoms with Gasteiger partial charge in [0.2, 0.25) is 0 Å². The van der Waals surface area contributed by atoms with Crippen LogP contribution in [0.1, 0.15) is 16.7 Å². The average Bonchev–Trinajstić information content (AvgIpc) is 3.02. The zero-order valence-corrected chi connectivity index (χ0v) is 23.8. The molecule has 0 spiro atoms. The Morgan fingerprint density at radius 2 is 0.659 bits per heavy atom. The van der Waals surface area contributed by atoms with Gasteiger partial charge in [0, 0.05) is 34.1 Å². The quantitative estimate of drug-likeness (QED) is 0.202. The largest absolute Gasteiger partial charge is 0.310 e. The van der Waals surface area contributed by atoms with Gasteiger partial charge in [-0.3, -0.25) is 0 Å². The minimum absolute atomic E-state index is 1.14. The molecule has 0 bridgehead atoms. The van der Waals surface area contributed by atoms with Crippen molar-refractivity contribution in [2.75, 3.05) is 9.80 Å². The van der Waals surface area contributed by atoms with Crippen molar-refractivity contribution in [3.8, 4) is 11.1 Å². The van der Waals surface area contributed by atoms with Crippen LogP contribution in [0.15, 0.2) is 152 Å². The number of aryl methyl sites for hydroxylation is 3. The number of benzene rings is 6. The van der Waals surface area contributed by atoms with Gasteiger partial charge in [-0.1, -0.05) is 96.6 Å². The van der Waals surface area contributed by atoms with Crippen LogP contribution in [0, 0.1) is 20.8 Å². The van der Waals surface area contributed by atoms with Gasteiger partial charge in [-0.05, 0) is 104 Å². The lowest BCUT2D eigenvalue weighted by molar-refractivity contribution is 1.24. The van der Waals surface area contributed by atoms with Crippen LogP contribution < -0.4 is 9.80 Å². The van der Waals surface area contributed by atoms with E-state index in [0.717, 1.165) is 22.7 Å². The van der Waals surface area contributed by atoms with Gasteiger partial charge in [-0.25, -0.2) is 0 Å². The van der Waals surface area contributed by atoms with Crippen molar-refractivity contribution in [1.29, 1.82) is 0 Å². The van der Waals surface area contributed by atoms with Crippen molar-refractivity contribution in [3.05, 3.63) is 168 Å². The Kier molecular flexibility index (Phi) is 7.38. The zero-order valence-electron chi connectivity index (χ0n) is 23.8. The summed E-state index contributed by atoms with van der Waals surface area (Å²) in [6, 6.07) is 54.2. The second kappa shape index (κ2) is 11.6. The topological polar surface area (TPSA) is 6.48 Å². The Hall–Kier alpha value is -5.08. The first-order valence-corrected chi connectivity index (χ1v) is 14.1. The van der Waals surface area contributed by atoms with E-state index in [1.165, 1.54) is 39.2 Å². The Bertz CT molecular complexity index is 1740. The molecule has 0 heterocycles. The minimum atomic E-state index is 1.14. The van der Waals surface area contributed by atoms with Crippen LogP contribution in [0.5, 0.6) is 0 Å². The molecule has 41 heavy (non-hydrogen) atoms. The second-order valence-electron chi connectivity index (χ2n) is 10.5. The SMILES string of the molecule is Cc1ccc(N(c2ccc(-c3ccc(N(c4ccccc4)c4ccccc4C)cc3)cc2)c2ccccc2C)cc1. The Morgan fingerprint density at radius 1 is 0.317 bits per heavy atom. The maximum absolute atomic E-state index is 2.33. The molecular formula is C39H34N2. The average molecular weight is 531 g/mol. The molecule has 0 aliphatic heterocycles. The van der Waals surface area contributed by atoms with Gasteiger partial charge in [0.05, 0.1) is 0 Å². The van der Waals surface area contributed by atoms with E-state index in [0.29, 0.717) is 0 Å². The molecular weight excluding hydrogens is 496 g/mol. The van der Waals surface area contributed by atoms with Gasteiger partial charge >= 0.3 is 0 Å². The molecule has 0 fully saturated rings. The lowest BCUT2D eigenvalue weighted by atomic mass is 10.0. The van der Waals surface area contributed by atoms with Crippen LogP contribution >= 0.6 is 0 Å². The highest BCUT2D eigenvalue weighted by Gasteiger charge is 2.16. The highest BCUT2D eigenvalue weighted by atomic mass is 15.1. The highest BCUT2D eigenvalue weighted by molar-refractivity contribution is 5.82. The van der Waals surface area contributed by atoms with Crippen molar-refractivity contribution >= 4 is 34.1 Å². The number of hydrogen-bond acceptors (Lipinski definition) is 2. The first-order chi connectivity index (χ1) is 20.1. The van der Waals surface area contributed by atoms with E-state index in [-0.39, 0.29) is 0 Å². The molecule has 0 saturated heterocycles. The summed E-state index contributed by atoms with van der Waals surface area (Å²) >= 11 is 0. The highest BCUT2D eigenvalue weighted by Crippen LogP contribution is 2.39. The Morgan fingerprint density at radius 3 is 1.07 bits per heavy atom. The molecule has 0 aliphatic carbocycles. The molecule has 6 aromatic rings. The van der Waals surface area contributed by atoms with Gasteiger partial charge < -0.3 is 9.80 Å². The summed E-state index contributed by atoms with van der Waals surface area (Å²) < 4.78 is 0. The van der Waals surface area contributed by atoms with E-state index < -0.39 is 0 Å². The third-order valence-corrected chi connectivity index (χ3v) is 7.60. The van der Waals surface area contributed by atoms with Crippen LogP contribution in [-0.2, 0) is 0 Å². The van der Waals surface area contributed by atoms with Gasteiger partial charge in [-0.15, -0.1) is 0 Å². The van der Waals surface area contributed by atoms with Crippen molar-refractivity contribution < 1.29 is 0 Å². The van der Waals surface area contributed by atoms with Crippen molar-refractivity contribution in [1.82, 2.24) is 0 Å². The van der Waals surface area contributed by atoms with Gasteiger partial charge in [0.25, 0.3) is 0 Å². The Balaban J connectivity index is 1.33. The van der Waals surface area contributed by atoms with Crippen molar-refractivity contribution in [2.24, 2.45) is 0 Å². The van der Waals surface area contributed by atoms with Crippen LogP contribution in [0.25, 0.3) is 11.1 Å². The summed E-state index contributed by atoms with van der Waals surface area (Å²) in [5, 5.41) is 0. The molecule has 0 aliphatic rings. The molecule has 0 amide bonds. The molecule has 0 radical (unpaired) electrons. The van der Waals surface area contributed by atoms with Crippen LogP contribution in [0.2, 0.25) is 0 Å². The summed E-state index contributed by atoms with van der Waals surface area (Å²) in [5.41, 5.74) is 13.1. The molecule has 6 aromatic carbocycles. The van der Waals surface area contributed by atoms with E-state index >= 15 is 0 Å². The van der Waals surface area contributed by atoms with Gasteiger partial charge in [0.1, 0.15) is 0 Å². The predicted octanol–water partition coefficient (Wildman–Crippen LogP) is 11.2. The fraction of sp³-hybridized carbons (Fsp3) is 0.0769. The minimum Gasteiger partial charge on any atom is -0.310 e. The lowest BCUT2D eigenvalue weighted by Crippen LogP contribution is -2.11. The maximum atomic E-state index is 2.33. The van der Waals surface area contributed by atoms with E-state index in [2.05, 4.69) is 182 Å². The van der Waals surface area contributed by atoms with E-state index in [1.807, 2.05) is 0 Å². The summed E-state index contributed by atoms with van der Waals surface area (Å²) in [6.45, 7) is 6.46. The third kappa shape index (κ3) is 5.50. The number of anilines is 6. The number of hydrogen-bond donors (Lipinski definition) is 0. The fourth-order valence-electron chi connectivity index (χ4n) is 5.36. The molecule has 2 heteroatoms. The first kappa shape index (κ1) is 26.2. The number of rotatable bonds is 7. The standard InChI is InChI=1S/C39H34N2/c1-29-17-23-35(24-18-29)41(39-16-10-8-12-31(39)3)37-27-21-33(22-28-37)32-19-25-36(26-20-32)40(34-13-5-4-6-14-34)38-15-9-7-11-30(38)2/h4-28H,1-3H3. The smallest absolute Gasteiger partial charge is 0.0490 e. The second-order valence-corrected chi connectivity index (χ2v) is 10.5. The van der Waals surface area contributed by atoms with Gasteiger partial charge in [0.15, 0.2) is 0 Å². The predicted molar refractivity (Wildman–Crippen MR) is 175 cm³/mol. The molecule has 0 N–H and O–H groups in total. The molecule has 0 unspecified atom stereocenters. The fourth-order valence-corrected chi connectivity index (χ4v) is 5.36. The molecule has 0 saturated carbocycles. The van der Waals surface area contributed by atoms with Crippen molar-refractivity contribution in [3.63, 3.8) is 0 Å². The third-order valence-electron chi connectivity index (χ3n) is 7.60. The summed E-state index contributed by atoms with van der Waals surface area (Å²) in [4.78, 5) is 4.66. The first-order valence-electron chi connectivity index (χ1n) is 14.1. The molecule has 2 nitrogen and oxygen atoms in total. The summed E-state index contributed by atoms with van der Waals surface area (Å²) in [5.74, 6) is 0. The van der Waals surface area contributed by atoms with E-state index in [9.17, 15) is 0 Å². The van der Waals surface area contributed by atoms with Crippen LogP contribution in [0.4, 0.5) is 34.1 Å². The molecule has 0 atom stereocenters. The zero-order chi connectivity index (χ0) is 28.2. The lowest BCUT2D eigenvalue weighted by Gasteiger charge is -2.27. The summed E-state index contributed by atoms with van der Waals surface area (Å²) in [7, 11) is 0. The molecule has 6 rings (SSSR count). The van der Waals surface area contributed by atoms with Crippen LogP contribution in [-0.4, -0.2) is 0 Å². The van der Waals surface area contributed by atoms with E-state index in [4.69, 9.17) is 0 Å². The van der Waals surface area contributed by atoms with Crippen molar-refractivity contribution in [2.45, 2.75) is 20.8 Å². The number of nitrogens with zero attached hydrogens (tertiary/aromatic N) is 2. The monoisotopic (exact) mass is 530 g/mol.